The summed E-state index contributed by atoms with van der Waals surface area (Å²) in [6.07, 6.45) is 4.50. The van der Waals surface area contributed by atoms with Crippen molar-refractivity contribution in [1.29, 1.82) is 0 Å². The van der Waals surface area contributed by atoms with Gasteiger partial charge in [-0.2, -0.15) is 0 Å². The predicted molar refractivity (Wildman–Crippen MR) is 114 cm³/mol. The fraction of sp³-hybridized carbons (Fsp3) is 0.783. The second kappa shape index (κ2) is 8.90. The van der Waals surface area contributed by atoms with Crippen molar-refractivity contribution in [2.45, 2.75) is 76.7 Å². The van der Waals surface area contributed by atoms with Crippen LogP contribution in [0.25, 0.3) is 0 Å². The van der Waals surface area contributed by atoms with Gasteiger partial charge in [0.1, 0.15) is 17.6 Å². The third-order valence-electron chi connectivity index (χ3n) is 7.24. The minimum absolute atomic E-state index is 0.0210. The lowest BCUT2D eigenvalue weighted by molar-refractivity contribution is -0.160. The maximum atomic E-state index is 13.9. The Labute approximate surface area is 184 Å². The van der Waals surface area contributed by atoms with Gasteiger partial charge in [-0.05, 0) is 40.0 Å². The van der Waals surface area contributed by atoms with E-state index in [1.54, 1.807) is 17.9 Å². The summed E-state index contributed by atoms with van der Waals surface area (Å²) >= 11 is 0. The minimum Gasteiger partial charge on any atom is -0.466 e. The molecule has 3 unspecified atom stereocenters. The van der Waals surface area contributed by atoms with Crippen LogP contribution in [-0.2, 0) is 23.9 Å². The number of hydrogen-bond donors (Lipinski definition) is 1. The van der Waals surface area contributed by atoms with E-state index in [4.69, 9.17) is 9.47 Å². The molecule has 174 valence electrons. The summed E-state index contributed by atoms with van der Waals surface area (Å²) in [5.41, 5.74) is -1.92. The molecule has 0 radical (unpaired) electrons. The number of ether oxygens (including phenoxy) is 2. The van der Waals surface area contributed by atoms with Gasteiger partial charge < -0.3 is 24.4 Å². The van der Waals surface area contributed by atoms with Crippen molar-refractivity contribution in [3.8, 4) is 0 Å². The Kier molecular flexibility index (Phi) is 6.81. The van der Waals surface area contributed by atoms with Gasteiger partial charge >= 0.3 is 5.97 Å². The molecule has 1 N–H and O–H groups in total. The normalized spacial score (nSPS) is 34.5. The number of amides is 2. The third kappa shape index (κ3) is 3.57. The van der Waals surface area contributed by atoms with Crippen LogP contribution in [0.1, 0.15) is 53.4 Å². The first-order valence-electron chi connectivity index (χ1n) is 11.4. The fourth-order valence-electron chi connectivity index (χ4n) is 6.00. The van der Waals surface area contributed by atoms with Crippen LogP contribution in [0.4, 0.5) is 0 Å². The van der Waals surface area contributed by atoms with Crippen molar-refractivity contribution < 1.29 is 29.0 Å². The van der Waals surface area contributed by atoms with Crippen LogP contribution < -0.4 is 0 Å². The maximum absolute atomic E-state index is 13.9. The summed E-state index contributed by atoms with van der Waals surface area (Å²) in [4.78, 5) is 43.5. The van der Waals surface area contributed by atoms with Crippen LogP contribution in [0.3, 0.4) is 0 Å². The lowest BCUT2D eigenvalue weighted by atomic mass is 9.66. The summed E-state index contributed by atoms with van der Waals surface area (Å²) in [7, 11) is 0. The first kappa shape index (κ1) is 23.7. The molecule has 8 heteroatoms. The molecule has 0 aromatic heterocycles. The molecule has 31 heavy (non-hydrogen) atoms. The smallest absolute Gasteiger partial charge is 0.312 e. The molecule has 0 aliphatic carbocycles. The summed E-state index contributed by atoms with van der Waals surface area (Å²) in [6, 6.07) is -0.912. The van der Waals surface area contributed by atoms with Crippen LogP contribution in [-0.4, -0.2) is 82.3 Å². The van der Waals surface area contributed by atoms with E-state index < -0.39 is 35.0 Å². The molecule has 2 bridgehead atoms. The zero-order chi connectivity index (χ0) is 23.0. The molecule has 3 aliphatic rings. The van der Waals surface area contributed by atoms with Gasteiger partial charge in [0.15, 0.2) is 0 Å². The number of esters is 1. The summed E-state index contributed by atoms with van der Waals surface area (Å²) in [5, 5.41) is 9.65. The van der Waals surface area contributed by atoms with Gasteiger partial charge in [-0.1, -0.05) is 19.4 Å². The SMILES string of the molecule is C=CCN(C(=O)C1N(CCO)C(=O)[C@@H]2[C@H](C(=O)OCC)[C@]3(C)CCC12O3)C(C)CCC. The molecule has 6 atom stereocenters. The molecule has 3 aliphatic heterocycles. The van der Waals surface area contributed by atoms with Crippen LogP contribution >= 0.6 is 0 Å². The predicted octanol–water partition coefficient (Wildman–Crippen LogP) is 1.51. The number of aliphatic hydroxyl groups is 1. The molecule has 3 fully saturated rings. The van der Waals surface area contributed by atoms with Crippen LogP contribution in [0.5, 0.6) is 0 Å². The van der Waals surface area contributed by atoms with E-state index in [9.17, 15) is 19.5 Å². The number of aliphatic hydroxyl groups excluding tert-OH is 1. The quantitative estimate of drug-likeness (QED) is 0.412. The molecule has 1 spiro atoms. The van der Waals surface area contributed by atoms with Gasteiger partial charge in [-0.3, -0.25) is 14.4 Å². The monoisotopic (exact) mass is 436 g/mol. The van der Waals surface area contributed by atoms with Gasteiger partial charge in [0.05, 0.1) is 24.7 Å². The van der Waals surface area contributed by atoms with E-state index in [0.29, 0.717) is 19.4 Å². The van der Waals surface area contributed by atoms with Crippen LogP contribution in [0, 0.1) is 11.8 Å². The van der Waals surface area contributed by atoms with E-state index in [2.05, 4.69) is 13.5 Å². The van der Waals surface area contributed by atoms with Crippen molar-refractivity contribution in [3.63, 3.8) is 0 Å². The average Bonchev–Trinajstić information content (AvgIpc) is 3.28. The number of rotatable bonds is 10. The second-order valence-corrected chi connectivity index (χ2v) is 9.15. The fourth-order valence-corrected chi connectivity index (χ4v) is 6.00. The highest BCUT2D eigenvalue weighted by Gasteiger charge is 2.78. The van der Waals surface area contributed by atoms with Gasteiger partial charge in [0.2, 0.25) is 11.8 Å². The number of fused-ring (bicyclic) bond motifs is 1. The molecule has 3 rings (SSSR count). The third-order valence-corrected chi connectivity index (χ3v) is 7.24. The zero-order valence-electron chi connectivity index (χ0n) is 19.1. The minimum atomic E-state index is -1.08. The topological polar surface area (TPSA) is 96.4 Å². The number of β-amino-alcohol motifs (C(OH)–C–C–N with tert-alkyl or cyclic N) is 1. The molecule has 0 aromatic carbocycles. The lowest BCUT2D eigenvalue weighted by Crippen LogP contribution is -2.58. The van der Waals surface area contributed by atoms with Gasteiger partial charge in [-0.15, -0.1) is 6.58 Å². The Hall–Kier alpha value is -1.93. The standard InChI is InChI=1S/C23H36N2O6/c1-6-9-15(4)24(12-7-2)20(28)18-23-11-10-22(5,31-23)17(21(29)30-8-3)16(23)19(27)25(18)13-14-26/h7,15-18,26H,2,6,8-14H2,1,3-5H3/t15?,16-,17+,18?,22-,23?/m0/s1. The van der Waals surface area contributed by atoms with E-state index in [0.717, 1.165) is 12.8 Å². The van der Waals surface area contributed by atoms with Gasteiger partial charge in [-0.25, -0.2) is 0 Å². The Bertz CT molecular complexity index is 742. The highest BCUT2D eigenvalue weighted by atomic mass is 16.6. The molecule has 0 saturated carbocycles. The van der Waals surface area contributed by atoms with Crippen molar-refractivity contribution in [1.82, 2.24) is 9.80 Å². The molecule has 2 amide bonds. The number of likely N-dealkylation sites (tertiary alicyclic amines) is 1. The average molecular weight is 437 g/mol. The molecule has 0 aromatic rings. The van der Waals surface area contributed by atoms with Crippen molar-refractivity contribution >= 4 is 17.8 Å². The van der Waals surface area contributed by atoms with E-state index in [-0.39, 0.29) is 37.6 Å². The van der Waals surface area contributed by atoms with Crippen LogP contribution in [0.2, 0.25) is 0 Å². The molecule has 8 nitrogen and oxygen atoms in total. The van der Waals surface area contributed by atoms with Crippen molar-refractivity contribution in [2.24, 2.45) is 11.8 Å². The van der Waals surface area contributed by atoms with Gasteiger partial charge in [0.25, 0.3) is 0 Å². The maximum Gasteiger partial charge on any atom is 0.312 e. The molecular formula is C23H36N2O6. The van der Waals surface area contributed by atoms with Gasteiger partial charge in [0, 0.05) is 19.1 Å². The zero-order valence-corrected chi connectivity index (χ0v) is 19.1. The molecule has 3 heterocycles. The summed E-state index contributed by atoms with van der Waals surface area (Å²) < 4.78 is 11.8. The highest BCUT2D eigenvalue weighted by molar-refractivity contribution is 5.98. The Morgan fingerprint density at radius 2 is 2.13 bits per heavy atom. The second-order valence-electron chi connectivity index (χ2n) is 9.15. The Balaban J connectivity index is 2.05. The van der Waals surface area contributed by atoms with Crippen molar-refractivity contribution in [2.75, 3.05) is 26.3 Å². The lowest BCUT2D eigenvalue weighted by Gasteiger charge is -2.38. The molecule has 3 saturated heterocycles. The number of hydrogen-bond acceptors (Lipinski definition) is 6. The molecular weight excluding hydrogens is 400 g/mol. The Morgan fingerprint density at radius 3 is 2.71 bits per heavy atom. The van der Waals surface area contributed by atoms with Crippen molar-refractivity contribution in [3.05, 3.63) is 12.7 Å². The Morgan fingerprint density at radius 1 is 1.42 bits per heavy atom. The highest BCUT2D eigenvalue weighted by Crippen LogP contribution is 2.63. The van der Waals surface area contributed by atoms with E-state index in [1.165, 1.54) is 4.90 Å². The first-order chi connectivity index (χ1) is 14.7. The summed E-state index contributed by atoms with van der Waals surface area (Å²) in [5.74, 6) is -2.51. The van der Waals surface area contributed by atoms with E-state index >= 15 is 0 Å². The number of carbonyl (C=O) groups excluding carboxylic acids is 3. The first-order valence-corrected chi connectivity index (χ1v) is 11.4. The number of nitrogens with zero attached hydrogens (tertiary/aromatic N) is 2. The van der Waals surface area contributed by atoms with E-state index in [1.807, 2.05) is 13.8 Å². The summed E-state index contributed by atoms with van der Waals surface area (Å²) in [6.45, 7) is 11.7. The number of carbonyl (C=O) groups is 3. The van der Waals surface area contributed by atoms with Crippen LogP contribution in [0.15, 0.2) is 12.7 Å². The largest absolute Gasteiger partial charge is 0.466 e.